The lowest BCUT2D eigenvalue weighted by atomic mass is 9.86. The van der Waals surface area contributed by atoms with Crippen molar-refractivity contribution in [2.75, 3.05) is 33.8 Å². The first-order valence-corrected chi connectivity index (χ1v) is 9.90. The number of amides is 1. The fourth-order valence-corrected chi connectivity index (χ4v) is 3.17. The minimum Gasteiger partial charge on any atom is -0.354 e. The highest BCUT2D eigenvalue weighted by molar-refractivity contribution is 5.84. The molecule has 0 radical (unpaired) electrons. The Kier molecular flexibility index (Phi) is 7.70. The molecule has 0 aromatic rings. The van der Waals surface area contributed by atoms with Gasteiger partial charge >= 0.3 is 0 Å². The number of hydrogen-bond acceptors (Lipinski definition) is 4. The Morgan fingerprint density at radius 1 is 1.35 bits per heavy atom. The average Bonchev–Trinajstić information content (AvgIpc) is 3.02. The number of carbonyl (C=O) groups is 1. The lowest BCUT2D eigenvalue weighted by Gasteiger charge is -2.34. The molecule has 2 fully saturated rings. The molecule has 1 aliphatic heterocycles. The predicted octanol–water partition coefficient (Wildman–Crippen LogP) is 1.73. The highest BCUT2D eigenvalue weighted by Crippen LogP contribution is 2.39. The standard InChI is InChI=1S/C19H36N4O3/c1-6-15(3)22-18(21-12-17(24)23(4)5)20-11-16-13-25-19(26-16)9-7-14(2)8-10-19/h14-16H,6-13H2,1-5H3,(H2,20,21,22). The van der Waals surface area contributed by atoms with E-state index in [9.17, 15) is 4.79 Å². The Labute approximate surface area is 157 Å². The Morgan fingerprint density at radius 3 is 2.65 bits per heavy atom. The quantitative estimate of drug-likeness (QED) is 0.552. The predicted molar refractivity (Wildman–Crippen MR) is 103 cm³/mol. The first kappa shape index (κ1) is 21.0. The molecule has 1 heterocycles. The summed E-state index contributed by atoms with van der Waals surface area (Å²) < 4.78 is 12.3. The van der Waals surface area contributed by atoms with Crippen LogP contribution in [0.4, 0.5) is 0 Å². The van der Waals surface area contributed by atoms with Crippen LogP contribution in [0, 0.1) is 5.92 Å². The zero-order valence-corrected chi connectivity index (χ0v) is 17.0. The molecular formula is C19H36N4O3. The van der Waals surface area contributed by atoms with E-state index in [-0.39, 0.29) is 30.4 Å². The summed E-state index contributed by atoms with van der Waals surface area (Å²) in [5.74, 6) is 1.02. The molecule has 26 heavy (non-hydrogen) atoms. The van der Waals surface area contributed by atoms with Crippen molar-refractivity contribution in [3.8, 4) is 0 Å². The summed E-state index contributed by atoms with van der Waals surface area (Å²) in [5, 5.41) is 6.65. The first-order chi connectivity index (χ1) is 12.3. The number of likely N-dealkylation sites (N-methyl/N-ethyl adjacent to an activating group) is 1. The number of guanidine groups is 1. The molecule has 7 nitrogen and oxygen atoms in total. The molecule has 2 aliphatic rings. The molecule has 1 saturated carbocycles. The second-order valence-corrected chi connectivity index (χ2v) is 7.93. The van der Waals surface area contributed by atoms with Crippen molar-refractivity contribution < 1.29 is 14.3 Å². The zero-order valence-electron chi connectivity index (χ0n) is 17.0. The molecule has 0 aromatic heterocycles. The molecule has 0 aromatic carbocycles. The molecule has 1 spiro atoms. The van der Waals surface area contributed by atoms with Gasteiger partial charge in [0, 0.05) is 39.5 Å². The van der Waals surface area contributed by atoms with Gasteiger partial charge in [-0.25, -0.2) is 4.99 Å². The second-order valence-electron chi connectivity index (χ2n) is 7.93. The molecule has 2 N–H and O–H groups in total. The van der Waals surface area contributed by atoms with Crippen molar-refractivity contribution in [3.63, 3.8) is 0 Å². The van der Waals surface area contributed by atoms with Gasteiger partial charge in [-0.05, 0) is 32.1 Å². The van der Waals surface area contributed by atoms with Crippen LogP contribution in [0.15, 0.2) is 4.99 Å². The maximum atomic E-state index is 11.8. The number of rotatable bonds is 6. The third-order valence-electron chi connectivity index (χ3n) is 5.31. The second kappa shape index (κ2) is 9.55. The number of hydrogen-bond donors (Lipinski definition) is 2. The summed E-state index contributed by atoms with van der Waals surface area (Å²) in [6.07, 6.45) is 5.27. The molecule has 150 valence electrons. The Morgan fingerprint density at radius 2 is 2.04 bits per heavy atom. The average molecular weight is 369 g/mol. The van der Waals surface area contributed by atoms with Crippen LogP contribution >= 0.6 is 0 Å². The maximum absolute atomic E-state index is 11.8. The van der Waals surface area contributed by atoms with Crippen LogP contribution in [0.1, 0.15) is 52.9 Å². The molecule has 1 saturated heterocycles. The smallest absolute Gasteiger partial charge is 0.243 e. The third-order valence-corrected chi connectivity index (χ3v) is 5.31. The van der Waals surface area contributed by atoms with Crippen LogP contribution < -0.4 is 10.6 Å². The normalized spacial score (nSPS) is 30.3. The van der Waals surface area contributed by atoms with Crippen LogP contribution in [0.2, 0.25) is 0 Å². The van der Waals surface area contributed by atoms with E-state index >= 15 is 0 Å². The lowest BCUT2D eigenvalue weighted by Crippen LogP contribution is -2.46. The molecule has 1 aliphatic carbocycles. The van der Waals surface area contributed by atoms with E-state index in [0.29, 0.717) is 19.1 Å². The van der Waals surface area contributed by atoms with E-state index in [1.165, 1.54) is 0 Å². The molecule has 0 bridgehead atoms. The van der Waals surface area contributed by atoms with Crippen LogP contribution in [-0.4, -0.2) is 68.5 Å². The van der Waals surface area contributed by atoms with E-state index < -0.39 is 0 Å². The van der Waals surface area contributed by atoms with Crippen LogP contribution in [-0.2, 0) is 14.3 Å². The molecule has 2 atom stereocenters. The summed E-state index contributed by atoms with van der Waals surface area (Å²) in [5.41, 5.74) is 0. The summed E-state index contributed by atoms with van der Waals surface area (Å²) in [4.78, 5) is 17.8. The topological polar surface area (TPSA) is 75.2 Å². The van der Waals surface area contributed by atoms with Crippen molar-refractivity contribution in [1.29, 1.82) is 0 Å². The van der Waals surface area contributed by atoms with Gasteiger partial charge in [0.1, 0.15) is 12.6 Å². The van der Waals surface area contributed by atoms with E-state index in [1.807, 2.05) is 0 Å². The van der Waals surface area contributed by atoms with Gasteiger partial charge in [0.05, 0.1) is 6.61 Å². The van der Waals surface area contributed by atoms with Gasteiger partial charge in [-0.3, -0.25) is 4.79 Å². The Balaban J connectivity index is 1.86. The van der Waals surface area contributed by atoms with Gasteiger partial charge in [0.15, 0.2) is 11.7 Å². The highest BCUT2D eigenvalue weighted by Gasteiger charge is 2.43. The molecule has 1 amide bonds. The Bertz CT molecular complexity index is 487. The fourth-order valence-electron chi connectivity index (χ4n) is 3.17. The van der Waals surface area contributed by atoms with Gasteiger partial charge in [0.25, 0.3) is 0 Å². The maximum Gasteiger partial charge on any atom is 0.243 e. The number of nitrogens with one attached hydrogen (secondary N) is 2. The minimum absolute atomic E-state index is 0.0110. The fraction of sp³-hybridized carbons (Fsp3) is 0.895. The molecular weight excluding hydrogens is 332 g/mol. The largest absolute Gasteiger partial charge is 0.354 e. The van der Waals surface area contributed by atoms with Crippen molar-refractivity contribution in [2.24, 2.45) is 10.9 Å². The van der Waals surface area contributed by atoms with Gasteiger partial charge in [-0.2, -0.15) is 0 Å². The van der Waals surface area contributed by atoms with Gasteiger partial charge in [-0.1, -0.05) is 13.8 Å². The molecule has 2 rings (SSSR count). The number of ether oxygens (including phenoxy) is 2. The lowest BCUT2D eigenvalue weighted by molar-refractivity contribution is -0.191. The third kappa shape index (κ3) is 6.13. The van der Waals surface area contributed by atoms with Crippen molar-refractivity contribution in [2.45, 2.75) is 70.8 Å². The van der Waals surface area contributed by atoms with Crippen molar-refractivity contribution in [1.82, 2.24) is 15.5 Å². The number of nitrogens with zero attached hydrogens (tertiary/aromatic N) is 2. The van der Waals surface area contributed by atoms with Gasteiger partial charge in [0.2, 0.25) is 5.91 Å². The summed E-state index contributed by atoms with van der Waals surface area (Å²) in [6.45, 7) is 7.85. The zero-order chi connectivity index (χ0) is 19.2. The summed E-state index contributed by atoms with van der Waals surface area (Å²) >= 11 is 0. The van der Waals surface area contributed by atoms with E-state index in [2.05, 4.69) is 36.4 Å². The van der Waals surface area contributed by atoms with Crippen molar-refractivity contribution >= 4 is 11.9 Å². The Hall–Kier alpha value is -1.34. The summed E-state index contributed by atoms with van der Waals surface area (Å²) in [6, 6.07) is 0.280. The van der Waals surface area contributed by atoms with Crippen LogP contribution in [0.3, 0.4) is 0 Å². The van der Waals surface area contributed by atoms with Gasteiger partial charge < -0.3 is 25.0 Å². The van der Waals surface area contributed by atoms with E-state index in [0.717, 1.165) is 38.0 Å². The summed E-state index contributed by atoms with van der Waals surface area (Å²) in [7, 11) is 3.47. The minimum atomic E-state index is -0.374. The van der Waals surface area contributed by atoms with Crippen LogP contribution in [0.25, 0.3) is 0 Å². The SMILES string of the molecule is CCC(C)NC(=NCC(=O)N(C)C)NCC1COC2(CCC(C)CC2)O1. The van der Waals surface area contributed by atoms with Crippen LogP contribution in [0.5, 0.6) is 0 Å². The highest BCUT2D eigenvalue weighted by atomic mass is 16.7. The monoisotopic (exact) mass is 368 g/mol. The number of aliphatic imine (C=N–C) groups is 1. The van der Waals surface area contributed by atoms with E-state index in [4.69, 9.17) is 9.47 Å². The molecule has 2 unspecified atom stereocenters. The molecule has 7 heteroatoms. The van der Waals surface area contributed by atoms with Crippen molar-refractivity contribution in [3.05, 3.63) is 0 Å². The van der Waals surface area contributed by atoms with Gasteiger partial charge in [-0.15, -0.1) is 0 Å². The van der Waals surface area contributed by atoms with E-state index in [1.54, 1.807) is 19.0 Å². The number of carbonyl (C=O) groups excluding carboxylic acids is 1. The first-order valence-electron chi connectivity index (χ1n) is 9.90.